The number of aryl methyl sites for hydroxylation is 1. The number of carbonyl (C=O) groups is 2. The van der Waals surface area contributed by atoms with Crippen LogP contribution in [0.2, 0.25) is 0 Å². The average molecular weight is 272 g/mol. The van der Waals surface area contributed by atoms with E-state index in [1.54, 1.807) is 24.1 Å². The molecule has 0 unspecified atom stereocenters. The number of aromatic carboxylic acids is 1. The number of carbonyl (C=O) groups excluding carboxylic acids is 1. The van der Waals surface area contributed by atoms with Crippen LogP contribution in [0.3, 0.4) is 0 Å². The van der Waals surface area contributed by atoms with E-state index < -0.39 is 5.97 Å². The number of benzene rings is 1. The van der Waals surface area contributed by atoms with Crippen molar-refractivity contribution in [3.8, 4) is 0 Å². The molecule has 104 valence electrons. The van der Waals surface area contributed by atoms with Crippen molar-refractivity contribution in [2.24, 2.45) is 0 Å². The molecular weight excluding hydrogens is 256 g/mol. The zero-order valence-electron chi connectivity index (χ0n) is 11.3. The van der Waals surface area contributed by atoms with Gasteiger partial charge in [-0.25, -0.2) is 4.79 Å². The van der Waals surface area contributed by atoms with Crippen LogP contribution in [0, 0.1) is 0 Å². The Morgan fingerprint density at radius 1 is 1.35 bits per heavy atom. The largest absolute Gasteiger partial charge is 0.478 e. The normalized spacial score (nSPS) is 15.8. The van der Waals surface area contributed by atoms with E-state index in [2.05, 4.69) is 4.98 Å². The van der Waals surface area contributed by atoms with Crippen molar-refractivity contribution >= 4 is 22.8 Å². The van der Waals surface area contributed by atoms with E-state index in [1.807, 2.05) is 6.07 Å². The van der Waals surface area contributed by atoms with Gasteiger partial charge < -0.3 is 15.0 Å². The standard InChI is InChI=1S/C15H16N2O3/c1-17-8-3-2-5-10-9-6-4-7-11(15(19)20)12(9)16-13(10)14(17)18/h4,6-7,16H,2-3,5,8H2,1H3,(H,19,20). The number of H-pyrrole nitrogens is 1. The molecule has 0 aliphatic carbocycles. The number of hydrogen-bond donors (Lipinski definition) is 2. The van der Waals surface area contributed by atoms with Gasteiger partial charge >= 0.3 is 5.97 Å². The lowest BCUT2D eigenvalue weighted by Gasteiger charge is -2.20. The van der Waals surface area contributed by atoms with E-state index >= 15 is 0 Å². The maximum atomic E-state index is 12.4. The summed E-state index contributed by atoms with van der Waals surface area (Å²) in [7, 11) is 1.78. The van der Waals surface area contributed by atoms with Gasteiger partial charge in [-0.15, -0.1) is 0 Å². The van der Waals surface area contributed by atoms with Gasteiger partial charge in [0.1, 0.15) is 5.69 Å². The molecule has 3 rings (SSSR count). The fourth-order valence-corrected chi connectivity index (χ4v) is 2.84. The third kappa shape index (κ3) is 1.86. The minimum Gasteiger partial charge on any atom is -0.478 e. The smallest absolute Gasteiger partial charge is 0.337 e. The van der Waals surface area contributed by atoms with Gasteiger partial charge in [-0.05, 0) is 30.9 Å². The molecule has 0 spiro atoms. The summed E-state index contributed by atoms with van der Waals surface area (Å²) >= 11 is 0. The quantitative estimate of drug-likeness (QED) is 0.836. The van der Waals surface area contributed by atoms with Crippen molar-refractivity contribution in [1.82, 2.24) is 9.88 Å². The first-order valence-electron chi connectivity index (χ1n) is 6.72. The summed E-state index contributed by atoms with van der Waals surface area (Å²) in [6.07, 6.45) is 2.76. The number of aromatic nitrogens is 1. The molecule has 2 heterocycles. The lowest BCUT2D eigenvalue weighted by Crippen LogP contribution is -2.30. The van der Waals surface area contributed by atoms with Gasteiger partial charge in [0, 0.05) is 19.0 Å². The van der Waals surface area contributed by atoms with Crippen LogP contribution in [0.5, 0.6) is 0 Å². The van der Waals surface area contributed by atoms with Crippen LogP contribution in [-0.2, 0) is 6.42 Å². The van der Waals surface area contributed by atoms with Gasteiger partial charge in [0.25, 0.3) is 5.91 Å². The predicted molar refractivity (Wildman–Crippen MR) is 75.2 cm³/mol. The summed E-state index contributed by atoms with van der Waals surface area (Å²) in [4.78, 5) is 28.4. The molecule has 1 aliphatic heterocycles. The Balaban J connectivity index is 2.28. The van der Waals surface area contributed by atoms with Crippen LogP contribution in [0.1, 0.15) is 39.3 Å². The summed E-state index contributed by atoms with van der Waals surface area (Å²) in [6, 6.07) is 5.17. The number of carboxylic acids is 1. The molecule has 5 heteroatoms. The second-order valence-electron chi connectivity index (χ2n) is 5.20. The van der Waals surface area contributed by atoms with Gasteiger partial charge in [0.2, 0.25) is 0 Å². The number of para-hydroxylation sites is 1. The maximum absolute atomic E-state index is 12.4. The molecule has 0 saturated heterocycles. The molecule has 0 fully saturated rings. The Morgan fingerprint density at radius 3 is 2.90 bits per heavy atom. The number of hydrogen-bond acceptors (Lipinski definition) is 2. The third-order valence-electron chi connectivity index (χ3n) is 3.90. The van der Waals surface area contributed by atoms with Crippen LogP contribution >= 0.6 is 0 Å². The minimum atomic E-state index is -0.981. The van der Waals surface area contributed by atoms with Crippen molar-refractivity contribution < 1.29 is 14.7 Å². The topological polar surface area (TPSA) is 73.4 Å². The zero-order valence-corrected chi connectivity index (χ0v) is 11.3. The average Bonchev–Trinajstić information content (AvgIpc) is 2.79. The summed E-state index contributed by atoms with van der Waals surface area (Å²) in [5.41, 5.74) is 2.24. The summed E-state index contributed by atoms with van der Waals surface area (Å²) in [6.45, 7) is 0.736. The first kappa shape index (κ1) is 12.7. The van der Waals surface area contributed by atoms with Crippen molar-refractivity contribution in [3.63, 3.8) is 0 Å². The summed E-state index contributed by atoms with van der Waals surface area (Å²) in [5.74, 6) is -1.04. The van der Waals surface area contributed by atoms with Crippen molar-refractivity contribution in [2.45, 2.75) is 19.3 Å². The van der Waals surface area contributed by atoms with E-state index in [0.717, 1.165) is 36.8 Å². The van der Waals surface area contributed by atoms with Gasteiger partial charge in [0.05, 0.1) is 11.1 Å². The Hall–Kier alpha value is -2.30. The third-order valence-corrected chi connectivity index (χ3v) is 3.90. The molecule has 0 radical (unpaired) electrons. The fraction of sp³-hybridized carbons (Fsp3) is 0.333. The molecule has 5 nitrogen and oxygen atoms in total. The van der Waals surface area contributed by atoms with Crippen LogP contribution in [0.25, 0.3) is 10.9 Å². The van der Waals surface area contributed by atoms with Gasteiger partial charge in [-0.3, -0.25) is 4.79 Å². The van der Waals surface area contributed by atoms with E-state index in [9.17, 15) is 14.7 Å². The molecule has 1 aromatic carbocycles. The Morgan fingerprint density at radius 2 is 2.15 bits per heavy atom. The molecular formula is C15H16N2O3. The molecule has 2 N–H and O–H groups in total. The molecule has 20 heavy (non-hydrogen) atoms. The van der Waals surface area contributed by atoms with E-state index in [1.165, 1.54) is 0 Å². The van der Waals surface area contributed by atoms with Crippen LogP contribution in [-0.4, -0.2) is 40.5 Å². The number of carboxylic acid groups (broad SMARTS) is 1. The first-order valence-corrected chi connectivity index (χ1v) is 6.72. The zero-order chi connectivity index (χ0) is 14.3. The van der Waals surface area contributed by atoms with Gasteiger partial charge in [0.15, 0.2) is 0 Å². The molecule has 0 bridgehead atoms. The summed E-state index contributed by atoms with van der Waals surface area (Å²) < 4.78 is 0. The van der Waals surface area contributed by atoms with E-state index in [0.29, 0.717) is 11.2 Å². The number of fused-ring (bicyclic) bond motifs is 3. The van der Waals surface area contributed by atoms with Crippen LogP contribution in [0.15, 0.2) is 18.2 Å². The van der Waals surface area contributed by atoms with E-state index in [4.69, 9.17) is 0 Å². The molecule has 1 amide bonds. The Bertz CT molecular complexity index is 702. The number of rotatable bonds is 1. The van der Waals surface area contributed by atoms with Crippen LogP contribution in [0.4, 0.5) is 0 Å². The Kier molecular flexibility index (Phi) is 2.97. The van der Waals surface area contributed by atoms with Crippen molar-refractivity contribution in [3.05, 3.63) is 35.0 Å². The Labute approximate surface area is 116 Å². The highest BCUT2D eigenvalue weighted by atomic mass is 16.4. The molecule has 1 aliphatic rings. The highest BCUT2D eigenvalue weighted by molar-refractivity contribution is 6.07. The SMILES string of the molecule is CN1CCCCc2c([nH]c3c(C(=O)O)cccc23)C1=O. The highest BCUT2D eigenvalue weighted by Gasteiger charge is 2.24. The molecule has 0 atom stereocenters. The number of nitrogens with one attached hydrogen (secondary N) is 1. The van der Waals surface area contributed by atoms with Crippen molar-refractivity contribution in [1.29, 1.82) is 0 Å². The lowest BCUT2D eigenvalue weighted by molar-refractivity contribution is 0.0697. The second-order valence-corrected chi connectivity index (χ2v) is 5.20. The monoisotopic (exact) mass is 272 g/mol. The summed E-state index contributed by atoms with van der Waals surface area (Å²) in [5, 5.41) is 10.1. The number of aromatic amines is 1. The van der Waals surface area contributed by atoms with Gasteiger partial charge in [-0.1, -0.05) is 12.1 Å². The molecule has 2 aromatic rings. The van der Waals surface area contributed by atoms with Crippen LogP contribution < -0.4 is 0 Å². The predicted octanol–water partition coefficient (Wildman–Crippen LogP) is 2.27. The van der Waals surface area contributed by atoms with E-state index in [-0.39, 0.29) is 11.5 Å². The first-order chi connectivity index (χ1) is 9.59. The lowest BCUT2D eigenvalue weighted by atomic mass is 10.0. The number of nitrogens with zero attached hydrogens (tertiary/aromatic N) is 1. The van der Waals surface area contributed by atoms with Gasteiger partial charge in [-0.2, -0.15) is 0 Å². The van der Waals surface area contributed by atoms with Crippen molar-refractivity contribution in [2.75, 3.05) is 13.6 Å². The molecule has 0 saturated carbocycles. The second kappa shape index (κ2) is 4.67. The molecule has 1 aromatic heterocycles. The minimum absolute atomic E-state index is 0.0627. The fourth-order valence-electron chi connectivity index (χ4n) is 2.84. The highest BCUT2D eigenvalue weighted by Crippen LogP contribution is 2.28. The maximum Gasteiger partial charge on any atom is 0.337 e. The number of amides is 1.